The molecule has 17 heavy (non-hydrogen) atoms. The Labute approximate surface area is 109 Å². The Kier molecular flexibility index (Phi) is 7.05. The number of pyridine rings is 1. The van der Waals surface area contributed by atoms with Gasteiger partial charge in [-0.2, -0.15) is 11.8 Å². The third kappa shape index (κ3) is 5.94. The lowest BCUT2D eigenvalue weighted by atomic mass is 10.2. The minimum Gasteiger partial charge on any atom is -0.370 e. The zero-order valence-corrected chi connectivity index (χ0v) is 11.9. The van der Waals surface area contributed by atoms with Gasteiger partial charge in [-0.1, -0.05) is 0 Å². The van der Waals surface area contributed by atoms with Crippen molar-refractivity contribution < 1.29 is 0 Å². The van der Waals surface area contributed by atoms with Crippen LogP contribution in [0.5, 0.6) is 0 Å². The molecular weight excluding hydrogens is 230 g/mol. The molecule has 0 aliphatic rings. The van der Waals surface area contributed by atoms with E-state index < -0.39 is 0 Å². The van der Waals surface area contributed by atoms with Crippen molar-refractivity contribution in [1.29, 1.82) is 0 Å². The van der Waals surface area contributed by atoms with Crippen LogP contribution in [-0.4, -0.2) is 42.0 Å². The molecule has 0 radical (unpaired) electrons. The van der Waals surface area contributed by atoms with Gasteiger partial charge in [-0.05, 0) is 56.6 Å². The summed E-state index contributed by atoms with van der Waals surface area (Å²) in [7, 11) is 2.17. The molecule has 0 aliphatic carbocycles. The maximum absolute atomic E-state index is 4.28. The van der Waals surface area contributed by atoms with Crippen LogP contribution in [0.1, 0.15) is 18.9 Å². The van der Waals surface area contributed by atoms with E-state index in [1.807, 2.05) is 18.0 Å². The van der Waals surface area contributed by atoms with Crippen molar-refractivity contribution in [2.75, 3.05) is 37.5 Å². The number of nitrogens with zero attached hydrogens (tertiary/aromatic N) is 2. The number of nitrogens with one attached hydrogen (secondary N) is 1. The Morgan fingerprint density at radius 3 is 3.00 bits per heavy atom. The summed E-state index contributed by atoms with van der Waals surface area (Å²) in [6, 6.07) is 4.22. The van der Waals surface area contributed by atoms with E-state index in [4.69, 9.17) is 0 Å². The molecule has 1 rings (SSSR count). The van der Waals surface area contributed by atoms with Crippen LogP contribution in [-0.2, 0) is 6.54 Å². The van der Waals surface area contributed by atoms with Crippen molar-refractivity contribution in [1.82, 2.24) is 9.88 Å². The van der Waals surface area contributed by atoms with Crippen molar-refractivity contribution in [3.63, 3.8) is 0 Å². The van der Waals surface area contributed by atoms with Crippen molar-refractivity contribution in [2.45, 2.75) is 19.9 Å². The summed E-state index contributed by atoms with van der Waals surface area (Å²) in [6.07, 6.45) is 5.29. The largest absolute Gasteiger partial charge is 0.370 e. The fourth-order valence-corrected chi connectivity index (χ4v) is 2.14. The van der Waals surface area contributed by atoms with Crippen LogP contribution in [0.4, 0.5) is 5.82 Å². The van der Waals surface area contributed by atoms with Crippen LogP contribution in [0.2, 0.25) is 0 Å². The third-order valence-corrected chi connectivity index (χ3v) is 3.22. The zero-order chi connectivity index (χ0) is 12.5. The van der Waals surface area contributed by atoms with Gasteiger partial charge in [-0.3, -0.25) is 0 Å². The molecule has 0 atom stereocenters. The Morgan fingerprint density at radius 1 is 1.47 bits per heavy atom. The summed E-state index contributed by atoms with van der Waals surface area (Å²) in [4.78, 5) is 6.64. The van der Waals surface area contributed by atoms with Crippen LogP contribution < -0.4 is 5.32 Å². The van der Waals surface area contributed by atoms with Gasteiger partial charge in [-0.15, -0.1) is 0 Å². The SMILES string of the molecule is CCNc1cc(CN(C)CCCSC)ccn1. The molecule has 0 unspecified atom stereocenters. The molecule has 1 heterocycles. The molecule has 0 amide bonds. The molecule has 1 aromatic heterocycles. The van der Waals surface area contributed by atoms with Crippen molar-refractivity contribution in [3.05, 3.63) is 23.9 Å². The lowest BCUT2D eigenvalue weighted by Gasteiger charge is -2.16. The first-order valence-electron chi connectivity index (χ1n) is 6.12. The smallest absolute Gasteiger partial charge is 0.126 e. The van der Waals surface area contributed by atoms with Crippen molar-refractivity contribution in [2.24, 2.45) is 0 Å². The van der Waals surface area contributed by atoms with Gasteiger partial charge in [0.05, 0.1) is 0 Å². The molecular formula is C13H23N3S. The molecule has 0 bridgehead atoms. The molecule has 4 heteroatoms. The molecule has 0 aromatic carbocycles. The van der Waals surface area contributed by atoms with Crippen molar-refractivity contribution >= 4 is 17.6 Å². The second-order valence-corrected chi connectivity index (χ2v) is 5.15. The van der Waals surface area contributed by atoms with Crippen LogP contribution in [0.25, 0.3) is 0 Å². The maximum atomic E-state index is 4.28. The highest BCUT2D eigenvalue weighted by molar-refractivity contribution is 7.98. The van der Waals surface area contributed by atoms with Gasteiger partial charge in [0.15, 0.2) is 0 Å². The summed E-state index contributed by atoms with van der Waals surface area (Å²) >= 11 is 1.91. The van der Waals surface area contributed by atoms with Crippen LogP contribution >= 0.6 is 11.8 Å². The highest BCUT2D eigenvalue weighted by Crippen LogP contribution is 2.09. The number of rotatable bonds is 8. The average Bonchev–Trinajstić information content (AvgIpc) is 2.30. The Bertz CT molecular complexity index is 317. The summed E-state index contributed by atoms with van der Waals surface area (Å²) < 4.78 is 0. The second kappa shape index (κ2) is 8.37. The van der Waals surface area contributed by atoms with E-state index in [-0.39, 0.29) is 0 Å². The minimum atomic E-state index is 0.917. The maximum Gasteiger partial charge on any atom is 0.126 e. The molecule has 0 aliphatic heterocycles. The number of hydrogen-bond donors (Lipinski definition) is 1. The Balaban J connectivity index is 2.41. The summed E-state index contributed by atoms with van der Waals surface area (Å²) in [5, 5.41) is 3.24. The van der Waals surface area contributed by atoms with E-state index in [2.05, 4.69) is 47.6 Å². The van der Waals surface area contributed by atoms with Gasteiger partial charge >= 0.3 is 0 Å². The van der Waals surface area contributed by atoms with Gasteiger partial charge in [0.2, 0.25) is 0 Å². The van der Waals surface area contributed by atoms with E-state index in [1.165, 1.54) is 17.7 Å². The normalized spacial score (nSPS) is 10.8. The fourth-order valence-electron chi connectivity index (χ4n) is 1.72. The van der Waals surface area contributed by atoms with Gasteiger partial charge in [0, 0.05) is 19.3 Å². The number of anilines is 1. The molecule has 1 N–H and O–H groups in total. The standard InChI is InChI=1S/C13H23N3S/c1-4-14-13-10-12(6-7-15-13)11-16(2)8-5-9-17-3/h6-7,10H,4-5,8-9,11H2,1-3H3,(H,14,15). The van der Waals surface area contributed by atoms with Gasteiger partial charge in [0.25, 0.3) is 0 Å². The first-order valence-corrected chi connectivity index (χ1v) is 7.52. The summed E-state index contributed by atoms with van der Waals surface area (Å²) in [5.74, 6) is 2.21. The van der Waals surface area contributed by atoms with Gasteiger partial charge < -0.3 is 10.2 Å². The molecule has 0 saturated carbocycles. The van der Waals surface area contributed by atoms with Gasteiger partial charge in [0.1, 0.15) is 5.82 Å². The van der Waals surface area contributed by atoms with Crippen LogP contribution in [0.3, 0.4) is 0 Å². The highest BCUT2D eigenvalue weighted by Gasteiger charge is 2.01. The van der Waals surface area contributed by atoms with E-state index in [1.54, 1.807) is 0 Å². The molecule has 0 saturated heterocycles. The Morgan fingerprint density at radius 2 is 2.29 bits per heavy atom. The van der Waals surface area contributed by atoms with E-state index >= 15 is 0 Å². The number of hydrogen-bond acceptors (Lipinski definition) is 4. The fraction of sp³-hybridized carbons (Fsp3) is 0.615. The Hall–Kier alpha value is -0.740. The van der Waals surface area contributed by atoms with E-state index in [9.17, 15) is 0 Å². The van der Waals surface area contributed by atoms with E-state index in [0.717, 1.165) is 25.5 Å². The minimum absolute atomic E-state index is 0.917. The quantitative estimate of drug-likeness (QED) is 0.721. The predicted molar refractivity (Wildman–Crippen MR) is 77.7 cm³/mol. The van der Waals surface area contributed by atoms with Crippen LogP contribution in [0, 0.1) is 0 Å². The van der Waals surface area contributed by atoms with Crippen molar-refractivity contribution in [3.8, 4) is 0 Å². The first-order chi connectivity index (χ1) is 8.26. The number of aromatic nitrogens is 1. The monoisotopic (exact) mass is 253 g/mol. The highest BCUT2D eigenvalue weighted by atomic mass is 32.2. The zero-order valence-electron chi connectivity index (χ0n) is 11.1. The molecule has 0 spiro atoms. The lowest BCUT2D eigenvalue weighted by molar-refractivity contribution is 0.328. The summed E-state index contributed by atoms with van der Waals surface area (Å²) in [6.45, 7) is 5.15. The lowest BCUT2D eigenvalue weighted by Crippen LogP contribution is -2.19. The molecule has 3 nitrogen and oxygen atoms in total. The molecule has 0 fully saturated rings. The summed E-state index contributed by atoms with van der Waals surface area (Å²) in [5.41, 5.74) is 1.32. The van der Waals surface area contributed by atoms with Crippen LogP contribution in [0.15, 0.2) is 18.3 Å². The first kappa shape index (κ1) is 14.3. The van der Waals surface area contributed by atoms with Gasteiger partial charge in [-0.25, -0.2) is 4.98 Å². The topological polar surface area (TPSA) is 28.2 Å². The third-order valence-electron chi connectivity index (χ3n) is 2.52. The molecule has 1 aromatic rings. The predicted octanol–water partition coefficient (Wildman–Crippen LogP) is 2.70. The second-order valence-electron chi connectivity index (χ2n) is 4.16. The number of thioether (sulfide) groups is 1. The average molecular weight is 253 g/mol. The molecule has 96 valence electrons. The van der Waals surface area contributed by atoms with E-state index in [0.29, 0.717) is 0 Å².